The summed E-state index contributed by atoms with van der Waals surface area (Å²) in [6.07, 6.45) is 2.05. The Kier molecular flexibility index (Phi) is 4.04. The average molecular weight is 362 g/mol. The smallest absolute Gasteiger partial charge is 0.351 e. The highest BCUT2D eigenvalue weighted by Gasteiger charge is 2.25. The Labute approximate surface area is 152 Å². The molecule has 0 bridgehead atoms. The highest BCUT2D eigenvalue weighted by molar-refractivity contribution is 6.10. The van der Waals surface area contributed by atoms with Crippen LogP contribution in [-0.4, -0.2) is 27.8 Å². The molecule has 0 aliphatic carbocycles. The number of fused-ring (bicyclic) bond motifs is 2. The van der Waals surface area contributed by atoms with Gasteiger partial charge in [0.05, 0.1) is 0 Å². The molecule has 0 saturated carbocycles. The minimum Gasteiger partial charge on any atom is -0.450 e. The molecule has 7 nitrogen and oxygen atoms in total. The first-order chi connectivity index (χ1) is 13.0. The SMILES string of the molecule is CC(OC(=O)c1cc2ccccc2oc1=O)C(=O)c1c[nH]c2ncccc12. The third-order valence-corrected chi connectivity index (χ3v) is 4.23. The van der Waals surface area contributed by atoms with Crippen molar-refractivity contribution in [2.24, 2.45) is 0 Å². The molecule has 0 fully saturated rings. The fourth-order valence-corrected chi connectivity index (χ4v) is 2.86. The molecule has 1 aromatic carbocycles. The molecule has 0 aliphatic heterocycles. The van der Waals surface area contributed by atoms with E-state index in [-0.39, 0.29) is 5.56 Å². The van der Waals surface area contributed by atoms with Gasteiger partial charge in [0.2, 0.25) is 5.78 Å². The molecule has 134 valence electrons. The number of Topliss-reactive ketones (excluding diaryl/α,β-unsaturated/α-hetero) is 1. The normalized spacial score (nSPS) is 12.2. The molecule has 3 heterocycles. The van der Waals surface area contributed by atoms with E-state index in [4.69, 9.17) is 9.15 Å². The van der Waals surface area contributed by atoms with Crippen molar-refractivity contribution in [1.82, 2.24) is 9.97 Å². The Balaban J connectivity index is 1.60. The predicted molar refractivity (Wildman–Crippen MR) is 97.8 cm³/mol. The first-order valence-electron chi connectivity index (χ1n) is 8.25. The molecule has 0 amide bonds. The topological polar surface area (TPSA) is 102 Å². The number of ether oxygens (including phenoxy) is 1. The van der Waals surface area contributed by atoms with Gasteiger partial charge in [0.1, 0.15) is 16.8 Å². The number of nitrogens with one attached hydrogen (secondary N) is 1. The van der Waals surface area contributed by atoms with E-state index >= 15 is 0 Å². The number of rotatable bonds is 4. The van der Waals surface area contributed by atoms with Crippen molar-refractivity contribution in [3.63, 3.8) is 0 Å². The van der Waals surface area contributed by atoms with E-state index in [1.54, 1.807) is 42.6 Å². The summed E-state index contributed by atoms with van der Waals surface area (Å²) in [4.78, 5) is 44.1. The van der Waals surface area contributed by atoms with Crippen LogP contribution in [0.3, 0.4) is 0 Å². The number of aromatic nitrogens is 2. The highest BCUT2D eigenvalue weighted by Crippen LogP contribution is 2.19. The molecular formula is C20H14N2O5. The lowest BCUT2D eigenvalue weighted by Crippen LogP contribution is -2.27. The molecule has 4 rings (SSSR count). The Morgan fingerprint density at radius 3 is 2.81 bits per heavy atom. The standard InChI is InChI=1S/C20H14N2O5/c1-11(17(23)15-10-22-18-13(15)6-4-8-21-18)26-19(24)14-9-12-5-2-3-7-16(12)27-20(14)25/h2-11H,1H3,(H,21,22). The van der Waals surface area contributed by atoms with E-state index in [2.05, 4.69) is 9.97 Å². The maximum atomic E-state index is 12.7. The second kappa shape index (κ2) is 6.53. The maximum Gasteiger partial charge on any atom is 0.351 e. The molecule has 0 radical (unpaired) electrons. The van der Waals surface area contributed by atoms with Crippen molar-refractivity contribution in [3.8, 4) is 0 Å². The summed E-state index contributed by atoms with van der Waals surface area (Å²) in [6.45, 7) is 1.46. The quantitative estimate of drug-likeness (QED) is 0.340. The number of hydrogen-bond acceptors (Lipinski definition) is 6. The lowest BCUT2D eigenvalue weighted by molar-refractivity contribution is 0.0315. The summed E-state index contributed by atoms with van der Waals surface area (Å²) in [6, 6.07) is 11.7. The third-order valence-electron chi connectivity index (χ3n) is 4.23. The third kappa shape index (κ3) is 2.99. The fourth-order valence-electron chi connectivity index (χ4n) is 2.86. The molecule has 0 aliphatic rings. The van der Waals surface area contributed by atoms with Gasteiger partial charge in [-0.3, -0.25) is 4.79 Å². The molecular weight excluding hydrogens is 348 g/mol. The number of nitrogens with zero attached hydrogens (tertiary/aromatic N) is 1. The van der Waals surface area contributed by atoms with Crippen LogP contribution in [0.1, 0.15) is 27.6 Å². The zero-order valence-corrected chi connectivity index (χ0v) is 14.3. The zero-order valence-electron chi connectivity index (χ0n) is 14.3. The van der Waals surface area contributed by atoms with E-state index in [1.807, 2.05) is 0 Å². The second-order valence-corrected chi connectivity index (χ2v) is 6.00. The number of para-hydroxylation sites is 1. The van der Waals surface area contributed by atoms with Gasteiger partial charge >= 0.3 is 11.6 Å². The van der Waals surface area contributed by atoms with Crippen molar-refractivity contribution in [3.05, 3.63) is 76.4 Å². The lowest BCUT2D eigenvalue weighted by Gasteiger charge is -2.11. The molecule has 4 aromatic rings. The van der Waals surface area contributed by atoms with Gasteiger partial charge < -0.3 is 14.1 Å². The van der Waals surface area contributed by atoms with E-state index in [9.17, 15) is 14.4 Å². The van der Waals surface area contributed by atoms with E-state index < -0.39 is 23.5 Å². The van der Waals surface area contributed by atoms with Crippen molar-refractivity contribution >= 4 is 33.8 Å². The lowest BCUT2D eigenvalue weighted by atomic mass is 10.1. The van der Waals surface area contributed by atoms with Crippen LogP contribution in [-0.2, 0) is 4.74 Å². The van der Waals surface area contributed by atoms with E-state index in [0.717, 1.165) is 0 Å². The number of H-pyrrole nitrogens is 1. The molecule has 0 saturated heterocycles. The summed E-state index contributed by atoms with van der Waals surface area (Å²) in [5.41, 5.74) is 0.233. The van der Waals surface area contributed by atoms with Gasteiger partial charge in [-0.2, -0.15) is 0 Å². The van der Waals surface area contributed by atoms with Crippen molar-refractivity contribution in [2.45, 2.75) is 13.0 Å². The largest absolute Gasteiger partial charge is 0.450 e. The van der Waals surface area contributed by atoms with Crippen LogP contribution in [0.15, 0.2) is 64.1 Å². The number of esters is 1. The van der Waals surface area contributed by atoms with Crippen LogP contribution in [0, 0.1) is 0 Å². The minimum atomic E-state index is -1.08. The summed E-state index contributed by atoms with van der Waals surface area (Å²) in [5, 5.41) is 1.22. The molecule has 1 N–H and O–H groups in total. The Morgan fingerprint density at radius 2 is 1.96 bits per heavy atom. The van der Waals surface area contributed by atoms with Crippen molar-refractivity contribution in [2.75, 3.05) is 0 Å². The van der Waals surface area contributed by atoms with E-state index in [1.165, 1.54) is 19.2 Å². The summed E-state index contributed by atoms with van der Waals surface area (Å²) in [5.74, 6) is -1.30. The molecule has 3 aromatic heterocycles. The van der Waals surface area contributed by atoms with Crippen LogP contribution < -0.4 is 5.63 Å². The monoisotopic (exact) mass is 362 g/mol. The Bertz CT molecular complexity index is 1240. The Morgan fingerprint density at radius 1 is 1.15 bits per heavy atom. The number of aromatic amines is 1. The number of carbonyl (C=O) groups is 2. The molecule has 1 unspecified atom stereocenters. The minimum absolute atomic E-state index is 0.256. The van der Waals surface area contributed by atoms with Gasteiger partial charge in [0.15, 0.2) is 6.10 Å². The number of carbonyl (C=O) groups excluding carboxylic acids is 2. The molecule has 27 heavy (non-hydrogen) atoms. The van der Waals surface area contributed by atoms with Crippen molar-refractivity contribution < 1.29 is 18.7 Å². The van der Waals surface area contributed by atoms with Gasteiger partial charge in [0, 0.05) is 28.7 Å². The fraction of sp³-hybridized carbons (Fsp3) is 0.100. The van der Waals surface area contributed by atoms with Crippen LogP contribution in [0.2, 0.25) is 0 Å². The summed E-state index contributed by atoms with van der Waals surface area (Å²) >= 11 is 0. The van der Waals surface area contributed by atoms with Crippen LogP contribution in [0.4, 0.5) is 0 Å². The van der Waals surface area contributed by atoms with Crippen LogP contribution in [0.5, 0.6) is 0 Å². The zero-order chi connectivity index (χ0) is 19.0. The molecule has 0 spiro atoms. The van der Waals surface area contributed by atoms with E-state index in [0.29, 0.717) is 27.6 Å². The molecule has 7 heteroatoms. The number of pyridine rings is 1. The summed E-state index contributed by atoms with van der Waals surface area (Å²) in [7, 11) is 0. The predicted octanol–water partition coefficient (Wildman–Crippen LogP) is 3.10. The average Bonchev–Trinajstić information content (AvgIpc) is 3.10. The van der Waals surface area contributed by atoms with Crippen molar-refractivity contribution in [1.29, 1.82) is 0 Å². The second-order valence-electron chi connectivity index (χ2n) is 6.00. The van der Waals surface area contributed by atoms with Crippen LogP contribution >= 0.6 is 0 Å². The Hall–Kier alpha value is -3.74. The van der Waals surface area contributed by atoms with Gasteiger partial charge in [-0.25, -0.2) is 14.6 Å². The van der Waals surface area contributed by atoms with Gasteiger partial charge in [0.25, 0.3) is 0 Å². The number of hydrogen-bond donors (Lipinski definition) is 1. The summed E-state index contributed by atoms with van der Waals surface area (Å²) < 4.78 is 10.3. The number of benzene rings is 1. The van der Waals surface area contributed by atoms with Crippen LogP contribution in [0.25, 0.3) is 22.0 Å². The van der Waals surface area contributed by atoms with Gasteiger partial charge in [-0.05, 0) is 31.2 Å². The first kappa shape index (κ1) is 16.7. The first-order valence-corrected chi connectivity index (χ1v) is 8.25. The highest BCUT2D eigenvalue weighted by atomic mass is 16.5. The van der Waals surface area contributed by atoms with Gasteiger partial charge in [-0.1, -0.05) is 18.2 Å². The maximum absolute atomic E-state index is 12.7. The number of ketones is 1. The van der Waals surface area contributed by atoms with Gasteiger partial charge in [-0.15, -0.1) is 0 Å². The molecule has 1 atom stereocenters.